The first-order chi connectivity index (χ1) is 11.1. The topological polar surface area (TPSA) is 103 Å². The molecule has 0 radical (unpaired) electrons. The van der Waals surface area contributed by atoms with E-state index in [0.29, 0.717) is 17.2 Å². The molecule has 2 amide bonds. The molecule has 0 aliphatic heterocycles. The largest absolute Gasteiger partial charge is 0.493 e. The number of nitrogen functional groups attached to an aromatic ring is 1. The molecule has 120 valence electrons. The van der Waals surface area contributed by atoms with Crippen molar-refractivity contribution in [1.82, 2.24) is 10.9 Å². The van der Waals surface area contributed by atoms with Crippen molar-refractivity contribution < 1.29 is 19.1 Å². The summed E-state index contributed by atoms with van der Waals surface area (Å²) in [5.74, 6) is -0.0716. The summed E-state index contributed by atoms with van der Waals surface area (Å²) in [7, 11) is 1.51. The van der Waals surface area contributed by atoms with Gasteiger partial charge in [0.1, 0.15) is 0 Å². The van der Waals surface area contributed by atoms with E-state index in [2.05, 4.69) is 10.9 Å². The van der Waals surface area contributed by atoms with Gasteiger partial charge in [-0.05, 0) is 24.3 Å². The van der Waals surface area contributed by atoms with Crippen LogP contribution < -0.4 is 26.1 Å². The molecule has 0 saturated carbocycles. The number of nitrogens with two attached hydrogens (primary N) is 1. The van der Waals surface area contributed by atoms with Crippen LogP contribution in [-0.4, -0.2) is 25.5 Å². The average molecular weight is 315 g/mol. The summed E-state index contributed by atoms with van der Waals surface area (Å²) in [6, 6.07) is 13.5. The molecule has 0 heterocycles. The van der Waals surface area contributed by atoms with Crippen molar-refractivity contribution >= 4 is 17.5 Å². The minimum Gasteiger partial charge on any atom is -0.493 e. The third kappa shape index (κ3) is 4.37. The molecule has 7 heteroatoms. The van der Waals surface area contributed by atoms with E-state index in [9.17, 15) is 9.59 Å². The number of hydrogen-bond acceptors (Lipinski definition) is 5. The predicted octanol–water partition coefficient (Wildman–Crippen LogP) is 1.12. The number of ether oxygens (including phenoxy) is 2. The Balaban J connectivity index is 1.84. The molecule has 2 rings (SSSR count). The Kier molecular flexibility index (Phi) is 5.40. The molecule has 23 heavy (non-hydrogen) atoms. The SMILES string of the molecule is COc1ccccc1OCC(=O)NNC(=O)c1ccccc1N. The van der Waals surface area contributed by atoms with Gasteiger partial charge in [0.2, 0.25) is 0 Å². The number of hydrogen-bond donors (Lipinski definition) is 3. The van der Waals surface area contributed by atoms with E-state index in [4.69, 9.17) is 15.2 Å². The summed E-state index contributed by atoms with van der Waals surface area (Å²) in [6.07, 6.45) is 0. The number of methoxy groups -OCH3 is 1. The van der Waals surface area contributed by atoms with Crippen molar-refractivity contribution in [1.29, 1.82) is 0 Å². The lowest BCUT2D eigenvalue weighted by Gasteiger charge is -2.11. The number of nitrogens with one attached hydrogen (secondary N) is 2. The van der Waals surface area contributed by atoms with Crippen LogP contribution in [0.3, 0.4) is 0 Å². The molecule has 7 nitrogen and oxygen atoms in total. The number of hydrazine groups is 1. The van der Waals surface area contributed by atoms with E-state index in [1.807, 2.05) is 0 Å². The van der Waals surface area contributed by atoms with E-state index in [-0.39, 0.29) is 12.2 Å². The number of para-hydroxylation sites is 3. The van der Waals surface area contributed by atoms with Gasteiger partial charge in [0.05, 0.1) is 12.7 Å². The minimum absolute atomic E-state index is 0.273. The Morgan fingerprint density at radius 1 is 1.00 bits per heavy atom. The fourth-order valence-corrected chi connectivity index (χ4v) is 1.82. The summed E-state index contributed by atoms with van der Waals surface area (Å²) < 4.78 is 10.4. The van der Waals surface area contributed by atoms with Crippen molar-refractivity contribution in [2.24, 2.45) is 0 Å². The Morgan fingerprint density at radius 2 is 1.65 bits per heavy atom. The van der Waals surface area contributed by atoms with Gasteiger partial charge in [-0.15, -0.1) is 0 Å². The zero-order valence-electron chi connectivity index (χ0n) is 12.5. The molecule has 0 bridgehead atoms. The summed E-state index contributed by atoms with van der Waals surface area (Å²) in [6.45, 7) is -0.273. The fraction of sp³-hybridized carbons (Fsp3) is 0.125. The van der Waals surface area contributed by atoms with Gasteiger partial charge in [-0.1, -0.05) is 24.3 Å². The molecule has 0 spiro atoms. The lowest BCUT2D eigenvalue weighted by atomic mass is 10.2. The number of anilines is 1. The fourth-order valence-electron chi connectivity index (χ4n) is 1.82. The third-order valence-electron chi connectivity index (χ3n) is 2.95. The molecular formula is C16H17N3O4. The van der Waals surface area contributed by atoms with E-state index in [1.165, 1.54) is 7.11 Å². The van der Waals surface area contributed by atoms with Gasteiger partial charge in [-0.25, -0.2) is 0 Å². The third-order valence-corrected chi connectivity index (χ3v) is 2.95. The van der Waals surface area contributed by atoms with Gasteiger partial charge in [-0.3, -0.25) is 20.4 Å². The van der Waals surface area contributed by atoms with Crippen LogP contribution in [-0.2, 0) is 4.79 Å². The Labute approximate surface area is 133 Å². The smallest absolute Gasteiger partial charge is 0.276 e. The number of benzene rings is 2. The van der Waals surface area contributed by atoms with Crippen molar-refractivity contribution in [3.05, 3.63) is 54.1 Å². The standard InChI is InChI=1S/C16H17N3O4/c1-22-13-8-4-5-9-14(13)23-10-15(20)18-19-16(21)11-6-2-3-7-12(11)17/h2-9H,10,17H2,1H3,(H,18,20)(H,19,21). The predicted molar refractivity (Wildman–Crippen MR) is 85.0 cm³/mol. The first kappa shape index (κ1) is 16.2. The van der Waals surface area contributed by atoms with Gasteiger partial charge in [0, 0.05) is 5.69 Å². The normalized spacial score (nSPS) is 9.78. The average Bonchev–Trinajstić information content (AvgIpc) is 2.58. The van der Waals surface area contributed by atoms with Crippen LogP contribution in [0.15, 0.2) is 48.5 Å². The first-order valence-corrected chi connectivity index (χ1v) is 6.81. The van der Waals surface area contributed by atoms with Crippen LogP contribution in [0.4, 0.5) is 5.69 Å². The van der Waals surface area contributed by atoms with Crippen LogP contribution in [0.5, 0.6) is 11.5 Å². The van der Waals surface area contributed by atoms with Crippen LogP contribution in [0.25, 0.3) is 0 Å². The van der Waals surface area contributed by atoms with E-state index >= 15 is 0 Å². The minimum atomic E-state index is -0.515. The summed E-state index contributed by atoms with van der Waals surface area (Å²) in [5.41, 5.74) is 10.8. The highest BCUT2D eigenvalue weighted by Crippen LogP contribution is 2.25. The van der Waals surface area contributed by atoms with Crippen LogP contribution in [0.1, 0.15) is 10.4 Å². The summed E-state index contributed by atoms with van der Waals surface area (Å²) in [5, 5.41) is 0. The molecule has 4 N–H and O–H groups in total. The second-order valence-electron chi connectivity index (χ2n) is 4.53. The molecule has 0 unspecified atom stereocenters. The van der Waals surface area contributed by atoms with Gasteiger partial charge in [0.25, 0.3) is 11.8 Å². The maximum Gasteiger partial charge on any atom is 0.276 e. The molecule has 0 saturated heterocycles. The van der Waals surface area contributed by atoms with Crippen LogP contribution in [0, 0.1) is 0 Å². The molecule has 0 aliphatic rings. The van der Waals surface area contributed by atoms with E-state index in [0.717, 1.165) is 0 Å². The highest BCUT2D eigenvalue weighted by atomic mass is 16.5. The Bertz CT molecular complexity index is 703. The number of carbonyl (C=O) groups is 2. The summed E-state index contributed by atoms with van der Waals surface area (Å²) in [4.78, 5) is 23.6. The maximum absolute atomic E-state index is 11.9. The first-order valence-electron chi connectivity index (χ1n) is 6.81. The lowest BCUT2D eigenvalue weighted by Crippen LogP contribution is -2.44. The quantitative estimate of drug-likeness (QED) is 0.567. The molecule has 0 aliphatic carbocycles. The molecule has 0 fully saturated rings. The van der Waals surface area contributed by atoms with Gasteiger partial charge in [0.15, 0.2) is 18.1 Å². The number of carbonyl (C=O) groups excluding carboxylic acids is 2. The maximum atomic E-state index is 11.9. The molecule has 2 aromatic carbocycles. The van der Waals surface area contributed by atoms with Crippen molar-refractivity contribution in [3.8, 4) is 11.5 Å². The van der Waals surface area contributed by atoms with Crippen molar-refractivity contribution in [2.75, 3.05) is 19.5 Å². The summed E-state index contributed by atoms with van der Waals surface area (Å²) >= 11 is 0. The van der Waals surface area contributed by atoms with Crippen LogP contribution in [0.2, 0.25) is 0 Å². The second kappa shape index (κ2) is 7.69. The van der Waals surface area contributed by atoms with E-state index in [1.54, 1.807) is 48.5 Å². The molecule has 0 atom stereocenters. The van der Waals surface area contributed by atoms with Gasteiger partial charge >= 0.3 is 0 Å². The Hall–Kier alpha value is -3.22. The number of amides is 2. The zero-order chi connectivity index (χ0) is 16.7. The van der Waals surface area contributed by atoms with Gasteiger partial charge < -0.3 is 15.2 Å². The van der Waals surface area contributed by atoms with Crippen LogP contribution >= 0.6 is 0 Å². The molecule has 2 aromatic rings. The highest BCUT2D eigenvalue weighted by molar-refractivity contribution is 5.99. The number of rotatable bonds is 5. The lowest BCUT2D eigenvalue weighted by molar-refractivity contribution is -0.123. The second-order valence-corrected chi connectivity index (χ2v) is 4.53. The molecular weight excluding hydrogens is 298 g/mol. The highest BCUT2D eigenvalue weighted by Gasteiger charge is 2.11. The van der Waals surface area contributed by atoms with E-state index < -0.39 is 11.8 Å². The Morgan fingerprint density at radius 3 is 2.35 bits per heavy atom. The van der Waals surface area contributed by atoms with Gasteiger partial charge in [-0.2, -0.15) is 0 Å². The van der Waals surface area contributed by atoms with Crippen molar-refractivity contribution in [3.63, 3.8) is 0 Å². The zero-order valence-corrected chi connectivity index (χ0v) is 12.5. The monoisotopic (exact) mass is 315 g/mol. The molecule has 0 aromatic heterocycles. The van der Waals surface area contributed by atoms with Crippen molar-refractivity contribution in [2.45, 2.75) is 0 Å².